The van der Waals surface area contributed by atoms with E-state index < -0.39 is 18.1 Å². The van der Waals surface area contributed by atoms with Crippen LogP contribution in [0.1, 0.15) is 200 Å². The monoisotopic (exact) mass is 791 g/mol. The van der Waals surface area contributed by atoms with E-state index in [0.717, 1.165) is 44.9 Å². The van der Waals surface area contributed by atoms with Gasteiger partial charge in [0.1, 0.15) is 6.61 Å². The van der Waals surface area contributed by atoms with Gasteiger partial charge in [-0.2, -0.15) is 0 Å². The van der Waals surface area contributed by atoms with Crippen LogP contribution in [0, 0.1) is 0 Å². The number of ether oxygens (including phenoxy) is 3. The summed E-state index contributed by atoms with van der Waals surface area (Å²) in [5.74, 6) is -1.53. The maximum atomic E-state index is 12.7. The molecule has 0 bridgehead atoms. The van der Waals surface area contributed by atoms with Crippen molar-refractivity contribution >= 4 is 17.9 Å². The van der Waals surface area contributed by atoms with Gasteiger partial charge in [-0.25, -0.2) is 4.79 Å². The van der Waals surface area contributed by atoms with E-state index in [9.17, 15) is 19.5 Å². The Bertz CT molecular complexity index is 1020. The highest BCUT2D eigenvalue weighted by Crippen LogP contribution is 2.16. The van der Waals surface area contributed by atoms with Gasteiger partial charge in [0, 0.05) is 19.3 Å². The van der Waals surface area contributed by atoms with Crippen LogP contribution in [0.25, 0.3) is 0 Å². The minimum Gasteiger partial charge on any atom is -0.477 e. The predicted octanol–water partition coefficient (Wildman–Crippen LogP) is 12.6. The van der Waals surface area contributed by atoms with Gasteiger partial charge in [0.05, 0.1) is 34.4 Å². The van der Waals surface area contributed by atoms with Gasteiger partial charge in [-0.3, -0.25) is 9.59 Å². The van der Waals surface area contributed by atoms with Crippen molar-refractivity contribution in [2.24, 2.45) is 0 Å². The number of esters is 2. The Balaban J connectivity index is 4.22. The molecule has 2 atom stereocenters. The lowest BCUT2D eigenvalue weighted by molar-refractivity contribution is -0.887. The first kappa shape index (κ1) is 53.6. The predicted molar refractivity (Wildman–Crippen MR) is 234 cm³/mol. The topological polar surface area (TPSA) is 99.1 Å². The Morgan fingerprint density at radius 3 is 1.46 bits per heavy atom. The minimum absolute atomic E-state index is 0.0432. The number of unbranched alkanes of at least 4 members (excludes halogenated alkanes) is 21. The van der Waals surface area contributed by atoms with E-state index in [1.165, 1.54) is 116 Å². The van der Waals surface area contributed by atoms with E-state index in [4.69, 9.17) is 14.2 Å². The third-order valence-corrected chi connectivity index (χ3v) is 10.3. The van der Waals surface area contributed by atoms with Crippen molar-refractivity contribution in [3.63, 3.8) is 0 Å². The average molecular weight is 791 g/mol. The SMILES string of the molecule is CC/C=C/C/C=C/C/C=C/CCCC(=O)OC(COCCC(C(=O)O)[N+](C)(C)C)COC(=O)CCCCCCCCCCCCCCCCCCCCCCC. The number of allylic oxidation sites excluding steroid dienone is 6. The number of hydrogen-bond donors (Lipinski definition) is 1. The highest BCUT2D eigenvalue weighted by molar-refractivity contribution is 5.72. The van der Waals surface area contributed by atoms with Crippen LogP contribution in [0.15, 0.2) is 36.5 Å². The van der Waals surface area contributed by atoms with Crippen molar-refractivity contribution in [1.82, 2.24) is 0 Å². The van der Waals surface area contributed by atoms with Crippen LogP contribution >= 0.6 is 0 Å². The normalized spacial score (nSPS) is 13.2. The van der Waals surface area contributed by atoms with E-state index in [2.05, 4.69) is 50.3 Å². The van der Waals surface area contributed by atoms with Crippen molar-refractivity contribution in [2.75, 3.05) is 41.0 Å². The third kappa shape index (κ3) is 37.1. The van der Waals surface area contributed by atoms with Crippen molar-refractivity contribution in [1.29, 1.82) is 0 Å². The number of hydrogen-bond acceptors (Lipinski definition) is 6. The molecule has 0 heterocycles. The summed E-state index contributed by atoms with van der Waals surface area (Å²) in [4.78, 5) is 36.9. The van der Waals surface area contributed by atoms with Crippen molar-refractivity contribution in [3.05, 3.63) is 36.5 Å². The molecule has 1 N–H and O–H groups in total. The molecule has 0 aromatic rings. The summed E-state index contributed by atoms with van der Waals surface area (Å²) in [5, 5.41) is 9.61. The van der Waals surface area contributed by atoms with Gasteiger partial charge in [-0.15, -0.1) is 0 Å². The summed E-state index contributed by atoms with van der Waals surface area (Å²) in [6.45, 7) is 4.58. The third-order valence-electron chi connectivity index (χ3n) is 10.3. The van der Waals surface area contributed by atoms with Gasteiger partial charge in [0.2, 0.25) is 0 Å². The maximum Gasteiger partial charge on any atom is 0.362 e. The van der Waals surface area contributed by atoms with Gasteiger partial charge < -0.3 is 23.8 Å². The largest absolute Gasteiger partial charge is 0.477 e. The van der Waals surface area contributed by atoms with Crippen LogP contribution in [0.2, 0.25) is 0 Å². The van der Waals surface area contributed by atoms with Gasteiger partial charge in [0.25, 0.3) is 0 Å². The first-order valence-electron chi connectivity index (χ1n) is 23.0. The first-order valence-corrected chi connectivity index (χ1v) is 23.0. The molecule has 8 nitrogen and oxygen atoms in total. The Morgan fingerprint density at radius 2 is 1.00 bits per heavy atom. The fraction of sp³-hybridized carbons (Fsp3) is 0.812. The summed E-state index contributed by atoms with van der Waals surface area (Å²) < 4.78 is 17.2. The highest BCUT2D eigenvalue weighted by Gasteiger charge is 2.31. The molecule has 0 aliphatic carbocycles. The molecule has 326 valence electrons. The molecule has 56 heavy (non-hydrogen) atoms. The zero-order valence-corrected chi connectivity index (χ0v) is 37.1. The highest BCUT2D eigenvalue weighted by atomic mass is 16.6. The summed E-state index contributed by atoms with van der Waals surface area (Å²) in [5.41, 5.74) is 0. The fourth-order valence-corrected chi connectivity index (χ4v) is 6.76. The van der Waals surface area contributed by atoms with Crippen LogP contribution in [0.4, 0.5) is 0 Å². The Kier molecular flexibility index (Phi) is 37.7. The lowest BCUT2D eigenvalue weighted by Crippen LogP contribution is -2.50. The van der Waals surface area contributed by atoms with Crippen LogP contribution in [-0.4, -0.2) is 80.6 Å². The van der Waals surface area contributed by atoms with Crippen LogP contribution < -0.4 is 0 Å². The number of aliphatic carboxylic acids is 1. The molecule has 0 aromatic carbocycles. The Labute approximate surface area is 344 Å². The number of nitrogens with zero attached hydrogens (tertiary/aromatic N) is 1. The summed E-state index contributed by atoms with van der Waals surface area (Å²) in [6, 6.07) is -0.621. The standard InChI is InChI=1S/C48H87NO7/c1-6-8-10-12-14-16-18-19-20-21-22-23-24-25-26-27-29-30-32-34-36-38-46(50)55-43-44(42-54-41-40-45(48(52)53)49(3,4)5)56-47(51)39-37-35-33-31-28-17-15-13-11-9-7-2/h9,11,15,17,31,33,44-45H,6-8,10,12-14,16,18-30,32,34-43H2,1-5H3/p+1/b11-9+,17-15+,33-31+. The van der Waals surface area contributed by atoms with E-state index in [0.29, 0.717) is 19.3 Å². The number of carboxylic acid groups (broad SMARTS) is 1. The van der Waals surface area contributed by atoms with Crippen molar-refractivity contribution in [3.8, 4) is 0 Å². The maximum absolute atomic E-state index is 12.7. The molecule has 0 radical (unpaired) electrons. The lowest BCUT2D eigenvalue weighted by atomic mass is 10.0. The second-order valence-electron chi connectivity index (χ2n) is 16.6. The average Bonchev–Trinajstić information content (AvgIpc) is 3.15. The minimum atomic E-state index is -0.882. The second kappa shape index (κ2) is 39.4. The number of carbonyl (C=O) groups excluding carboxylic acids is 2. The molecular weight excluding hydrogens is 703 g/mol. The van der Waals surface area contributed by atoms with E-state index >= 15 is 0 Å². The fourth-order valence-electron chi connectivity index (χ4n) is 6.76. The number of carbonyl (C=O) groups is 3. The van der Waals surface area contributed by atoms with Crippen molar-refractivity contribution < 1.29 is 38.2 Å². The second-order valence-corrected chi connectivity index (χ2v) is 16.6. The molecule has 0 rings (SSSR count). The molecular formula is C48H88NO7+. The summed E-state index contributed by atoms with van der Waals surface area (Å²) in [7, 11) is 5.51. The molecule has 2 unspecified atom stereocenters. The molecule has 0 aromatic heterocycles. The summed E-state index contributed by atoms with van der Waals surface area (Å²) >= 11 is 0. The van der Waals surface area contributed by atoms with Crippen molar-refractivity contribution in [2.45, 2.75) is 212 Å². The van der Waals surface area contributed by atoms with Gasteiger partial charge in [-0.05, 0) is 38.5 Å². The molecule has 0 aliphatic rings. The lowest BCUT2D eigenvalue weighted by Gasteiger charge is -2.31. The zero-order chi connectivity index (χ0) is 41.4. The van der Waals surface area contributed by atoms with E-state index in [1.54, 1.807) is 0 Å². The van der Waals surface area contributed by atoms with Crippen LogP contribution in [0.5, 0.6) is 0 Å². The molecule has 0 saturated heterocycles. The van der Waals surface area contributed by atoms with E-state index in [1.807, 2.05) is 21.1 Å². The van der Waals surface area contributed by atoms with Gasteiger partial charge >= 0.3 is 17.9 Å². The van der Waals surface area contributed by atoms with Crippen LogP contribution in [0.3, 0.4) is 0 Å². The summed E-state index contributed by atoms with van der Waals surface area (Å²) in [6.07, 6.45) is 45.0. The number of rotatable bonds is 41. The van der Waals surface area contributed by atoms with Gasteiger partial charge in [0.15, 0.2) is 12.1 Å². The molecule has 0 saturated carbocycles. The molecule has 0 aliphatic heterocycles. The molecule has 8 heteroatoms. The van der Waals surface area contributed by atoms with E-state index in [-0.39, 0.29) is 42.7 Å². The smallest absolute Gasteiger partial charge is 0.362 e. The zero-order valence-electron chi connectivity index (χ0n) is 37.1. The van der Waals surface area contributed by atoms with Crippen LogP contribution in [-0.2, 0) is 28.6 Å². The van der Waals surface area contributed by atoms with Gasteiger partial charge in [-0.1, -0.05) is 179 Å². The molecule has 0 amide bonds. The molecule has 0 spiro atoms. The number of carboxylic acids is 1. The Morgan fingerprint density at radius 1 is 0.554 bits per heavy atom. The first-order chi connectivity index (χ1) is 27.1. The number of likely N-dealkylation sites (N-methyl/N-ethyl adjacent to an activating group) is 1. The quantitative estimate of drug-likeness (QED) is 0.0285. The Hall–Kier alpha value is -2.45. The molecule has 0 fully saturated rings. The number of quaternary nitrogens is 1.